The van der Waals surface area contributed by atoms with Gasteiger partial charge in [-0.3, -0.25) is 9.59 Å². The molecule has 0 spiro atoms. The average Bonchev–Trinajstić information content (AvgIpc) is 2.91. The Morgan fingerprint density at radius 2 is 2.10 bits per heavy atom. The number of rotatable bonds is 6. The quantitative estimate of drug-likeness (QED) is 0.808. The predicted octanol–water partition coefficient (Wildman–Crippen LogP) is 1.75. The fourth-order valence-electron chi connectivity index (χ4n) is 1.89. The molecule has 1 N–H and O–H groups in total. The lowest BCUT2D eigenvalue weighted by atomic mass is 10.2. The van der Waals surface area contributed by atoms with Gasteiger partial charge in [-0.15, -0.1) is 0 Å². The second-order valence-electron chi connectivity index (χ2n) is 4.70. The minimum atomic E-state index is -0.855. The van der Waals surface area contributed by atoms with Crippen molar-refractivity contribution in [3.8, 4) is 11.5 Å². The summed E-state index contributed by atoms with van der Waals surface area (Å²) >= 11 is 0. The van der Waals surface area contributed by atoms with Crippen molar-refractivity contribution in [2.24, 2.45) is 0 Å². The van der Waals surface area contributed by atoms with E-state index in [-0.39, 0.29) is 19.1 Å². The number of carboxylic acids is 1. The number of aliphatic carboxylic acids is 1. The fourth-order valence-corrected chi connectivity index (χ4v) is 1.89. The molecule has 0 unspecified atom stereocenters. The highest BCUT2D eigenvalue weighted by Gasteiger charge is 2.12. The Morgan fingerprint density at radius 3 is 2.86 bits per heavy atom. The van der Waals surface area contributed by atoms with E-state index in [1.165, 1.54) is 11.0 Å². The van der Waals surface area contributed by atoms with Gasteiger partial charge in [0.15, 0.2) is 11.5 Å². The summed E-state index contributed by atoms with van der Waals surface area (Å²) in [6.45, 7) is 0.629. The van der Waals surface area contributed by atoms with Crippen LogP contribution in [0.2, 0.25) is 0 Å². The lowest BCUT2D eigenvalue weighted by Crippen LogP contribution is -2.26. The van der Waals surface area contributed by atoms with E-state index in [0.717, 1.165) is 5.56 Å². The molecule has 0 saturated heterocycles. The van der Waals surface area contributed by atoms with E-state index in [1.807, 2.05) is 6.07 Å². The normalized spacial score (nSPS) is 12.6. The standard InChI is InChI=1S/C15H17NO5/c1-16(8-2-3-15(18)19)14(17)7-5-11-4-6-12-13(9-11)21-10-20-12/h4-7,9H,2-3,8,10H2,1H3,(H,18,19)/b7-5+. The fraction of sp³-hybridized carbons (Fsp3) is 0.333. The summed E-state index contributed by atoms with van der Waals surface area (Å²) in [5.41, 5.74) is 0.839. The SMILES string of the molecule is CN(CCCC(=O)O)C(=O)/C=C/c1ccc2c(c1)OCO2. The Kier molecular flexibility index (Phi) is 4.81. The highest BCUT2D eigenvalue weighted by molar-refractivity contribution is 5.91. The topological polar surface area (TPSA) is 76.1 Å². The van der Waals surface area contributed by atoms with Crippen LogP contribution in [0.3, 0.4) is 0 Å². The van der Waals surface area contributed by atoms with Crippen molar-refractivity contribution in [3.05, 3.63) is 29.8 Å². The van der Waals surface area contributed by atoms with Crippen LogP contribution in [0.15, 0.2) is 24.3 Å². The summed E-state index contributed by atoms with van der Waals surface area (Å²) in [7, 11) is 1.65. The molecule has 112 valence electrons. The second-order valence-corrected chi connectivity index (χ2v) is 4.70. The molecule has 1 aromatic carbocycles. The number of fused-ring (bicyclic) bond motifs is 1. The highest BCUT2D eigenvalue weighted by Crippen LogP contribution is 2.32. The number of benzene rings is 1. The van der Waals surface area contributed by atoms with E-state index in [9.17, 15) is 9.59 Å². The zero-order chi connectivity index (χ0) is 15.2. The van der Waals surface area contributed by atoms with Gasteiger partial charge in [-0.2, -0.15) is 0 Å². The van der Waals surface area contributed by atoms with Gasteiger partial charge in [0.05, 0.1) is 0 Å². The molecule has 0 radical (unpaired) electrons. The van der Waals surface area contributed by atoms with Gasteiger partial charge < -0.3 is 19.5 Å². The number of carbonyl (C=O) groups excluding carboxylic acids is 1. The van der Waals surface area contributed by atoms with E-state index >= 15 is 0 Å². The molecule has 0 fully saturated rings. The van der Waals surface area contributed by atoms with Crippen LogP contribution in [0.4, 0.5) is 0 Å². The highest BCUT2D eigenvalue weighted by atomic mass is 16.7. The maximum atomic E-state index is 11.9. The van der Waals surface area contributed by atoms with Crippen molar-refractivity contribution in [1.29, 1.82) is 0 Å². The zero-order valence-corrected chi connectivity index (χ0v) is 11.7. The van der Waals surface area contributed by atoms with Gasteiger partial charge in [-0.25, -0.2) is 0 Å². The third kappa shape index (κ3) is 4.24. The van der Waals surface area contributed by atoms with E-state index < -0.39 is 5.97 Å². The molecule has 0 bridgehead atoms. The monoisotopic (exact) mass is 291 g/mol. The van der Waals surface area contributed by atoms with Gasteiger partial charge in [-0.05, 0) is 30.2 Å². The van der Waals surface area contributed by atoms with Crippen molar-refractivity contribution in [2.45, 2.75) is 12.8 Å². The van der Waals surface area contributed by atoms with E-state index in [2.05, 4.69) is 0 Å². The van der Waals surface area contributed by atoms with E-state index in [4.69, 9.17) is 14.6 Å². The first kappa shape index (κ1) is 14.9. The lowest BCUT2D eigenvalue weighted by molar-refractivity contribution is -0.137. The van der Waals surface area contributed by atoms with E-state index in [0.29, 0.717) is 24.5 Å². The molecule has 1 aliphatic rings. The predicted molar refractivity (Wildman–Crippen MR) is 76.1 cm³/mol. The number of amides is 1. The molecule has 6 heteroatoms. The van der Waals surface area contributed by atoms with Gasteiger partial charge >= 0.3 is 5.97 Å². The maximum absolute atomic E-state index is 11.9. The average molecular weight is 291 g/mol. The van der Waals surface area contributed by atoms with Crippen LogP contribution in [0, 0.1) is 0 Å². The molecule has 1 aromatic rings. The van der Waals surface area contributed by atoms with Crippen LogP contribution in [-0.2, 0) is 9.59 Å². The summed E-state index contributed by atoms with van der Waals surface area (Å²) < 4.78 is 10.5. The summed E-state index contributed by atoms with van der Waals surface area (Å²) in [5.74, 6) is 0.341. The Balaban J connectivity index is 1.88. The number of nitrogens with zero attached hydrogens (tertiary/aromatic N) is 1. The van der Waals surface area contributed by atoms with Crippen LogP contribution in [0.25, 0.3) is 6.08 Å². The number of hydrogen-bond donors (Lipinski definition) is 1. The molecule has 21 heavy (non-hydrogen) atoms. The minimum absolute atomic E-state index is 0.0590. The molecule has 1 aliphatic heterocycles. The molecule has 1 heterocycles. The lowest BCUT2D eigenvalue weighted by Gasteiger charge is -2.13. The summed E-state index contributed by atoms with van der Waals surface area (Å²) in [6, 6.07) is 5.43. The molecule has 0 aromatic heterocycles. The van der Waals surface area contributed by atoms with Crippen molar-refractivity contribution in [3.63, 3.8) is 0 Å². The number of hydrogen-bond acceptors (Lipinski definition) is 4. The van der Waals surface area contributed by atoms with Crippen LogP contribution >= 0.6 is 0 Å². The smallest absolute Gasteiger partial charge is 0.303 e. The first-order valence-corrected chi connectivity index (χ1v) is 6.61. The van der Waals surface area contributed by atoms with Gasteiger partial charge in [-0.1, -0.05) is 6.07 Å². The van der Waals surface area contributed by atoms with Crippen molar-refractivity contribution < 1.29 is 24.2 Å². The van der Waals surface area contributed by atoms with Crippen LogP contribution in [0.1, 0.15) is 18.4 Å². The maximum Gasteiger partial charge on any atom is 0.303 e. The molecular formula is C15H17NO5. The van der Waals surface area contributed by atoms with Gasteiger partial charge in [0.25, 0.3) is 0 Å². The van der Waals surface area contributed by atoms with Gasteiger partial charge in [0.1, 0.15) is 0 Å². The molecular weight excluding hydrogens is 274 g/mol. The largest absolute Gasteiger partial charge is 0.481 e. The van der Waals surface area contributed by atoms with Crippen molar-refractivity contribution in [1.82, 2.24) is 4.90 Å². The molecule has 2 rings (SSSR count). The Morgan fingerprint density at radius 1 is 1.33 bits per heavy atom. The summed E-state index contributed by atoms with van der Waals surface area (Å²) in [4.78, 5) is 23.8. The Hall–Kier alpha value is -2.50. The number of ether oxygens (including phenoxy) is 2. The van der Waals surface area contributed by atoms with Crippen molar-refractivity contribution in [2.75, 3.05) is 20.4 Å². The van der Waals surface area contributed by atoms with Crippen LogP contribution < -0.4 is 9.47 Å². The van der Waals surface area contributed by atoms with Crippen LogP contribution in [0.5, 0.6) is 11.5 Å². The Bertz CT molecular complexity index is 567. The van der Waals surface area contributed by atoms with Gasteiger partial charge in [0, 0.05) is 26.1 Å². The van der Waals surface area contributed by atoms with Crippen LogP contribution in [-0.4, -0.2) is 42.3 Å². The first-order chi connectivity index (χ1) is 10.1. The van der Waals surface area contributed by atoms with E-state index in [1.54, 1.807) is 25.3 Å². The number of carboxylic acid groups (broad SMARTS) is 1. The Labute approximate surface area is 122 Å². The van der Waals surface area contributed by atoms with Gasteiger partial charge in [0.2, 0.25) is 12.7 Å². The number of carbonyl (C=O) groups is 2. The molecule has 0 aliphatic carbocycles. The third-order valence-electron chi connectivity index (χ3n) is 3.08. The number of likely N-dealkylation sites (N-methyl/N-ethyl adjacent to an activating group) is 1. The second kappa shape index (κ2) is 6.78. The zero-order valence-electron chi connectivity index (χ0n) is 11.7. The summed E-state index contributed by atoms with van der Waals surface area (Å²) in [5, 5.41) is 8.55. The molecule has 1 amide bonds. The molecule has 6 nitrogen and oxygen atoms in total. The summed E-state index contributed by atoms with van der Waals surface area (Å²) in [6.07, 6.45) is 3.65. The third-order valence-corrected chi connectivity index (χ3v) is 3.08. The van der Waals surface area contributed by atoms with Crippen molar-refractivity contribution >= 4 is 18.0 Å². The minimum Gasteiger partial charge on any atom is -0.481 e. The molecule has 0 atom stereocenters. The first-order valence-electron chi connectivity index (χ1n) is 6.61. The molecule has 0 saturated carbocycles.